The van der Waals surface area contributed by atoms with Crippen LogP contribution in [0.5, 0.6) is 0 Å². The maximum atomic E-state index is 11.7. The Balaban J connectivity index is 4.36. The molecule has 12 heavy (non-hydrogen) atoms. The van der Waals surface area contributed by atoms with Gasteiger partial charge >= 0.3 is 7.37 Å². The van der Waals surface area contributed by atoms with E-state index in [-0.39, 0.29) is 6.33 Å². The van der Waals surface area contributed by atoms with Crippen LogP contribution >= 0.6 is 7.37 Å². The average molecular weight is 198 g/mol. The molecule has 0 aliphatic heterocycles. The molecule has 0 aliphatic rings. The Kier molecular flexibility index (Phi) is 5.31. The molecule has 0 heterocycles. The molecule has 0 spiro atoms. The number of rotatable bonds is 4. The Labute approximate surface area is 67.9 Å². The Bertz CT molecular complexity index is 253. The minimum atomic E-state index is -3.67. The van der Waals surface area contributed by atoms with E-state index in [1.54, 1.807) is 5.66 Å². The SMILES string of the molecule is O=P(C#CF)(CCF)OC=CF. The highest BCUT2D eigenvalue weighted by atomic mass is 31.2. The zero-order chi connectivity index (χ0) is 9.45. The summed E-state index contributed by atoms with van der Waals surface area (Å²) in [7, 11) is -3.67. The second-order valence-corrected chi connectivity index (χ2v) is 3.89. The van der Waals surface area contributed by atoms with Crippen LogP contribution in [0.25, 0.3) is 0 Å². The molecule has 0 aromatic rings. The third-order valence-corrected chi connectivity index (χ3v) is 2.52. The molecule has 68 valence electrons. The van der Waals surface area contributed by atoms with E-state index in [1.165, 1.54) is 0 Å². The van der Waals surface area contributed by atoms with Gasteiger partial charge in [0.15, 0.2) is 0 Å². The normalized spacial score (nSPS) is 14.9. The summed E-state index contributed by atoms with van der Waals surface area (Å²) in [4.78, 5) is 0. The molecule has 0 rings (SSSR count). The zero-order valence-corrected chi connectivity index (χ0v) is 6.86. The summed E-state index contributed by atoms with van der Waals surface area (Å²) in [6.45, 7) is -0.966. The summed E-state index contributed by atoms with van der Waals surface area (Å²) in [6.07, 6.45) is 0.702. The molecule has 6 heteroatoms. The van der Waals surface area contributed by atoms with Crippen molar-refractivity contribution in [2.75, 3.05) is 12.8 Å². The van der Waals surface area contributed by atoms with Crippen molar-refractivity contribution in [2.45, 2.75) is 0 Å². The molecule has 0 aliphatic carbocycles. The molecule has 2 nitrogen and oxygen atoms in total. The summed E-state index contributed by atoms with van der Waals surface area (Å²) in [5.74, 6) is 0. The van der Waals surface area contributed by atoms with E-state index < -0.39 is 20.2 Å². The topological polar surface area (TPSA) is 26.3 Å². The summed E-state index contributed by atoms with van der Waals surface area (Å²) >= 11 is 0. The fourth-order valence-corrected chi connectivity index (χ4v) is 1.30. The van der Waals surface area contributed by atoms with Gasteiger partial charge in [-0.2, -0.15) is 0 Å². The zero-order valence-electron chi connectivity index (χ0n) is 5.97. The first-order valence-electron chi connectivity index (χ1n) is 2.90. The minimum Gasteiger partial charge on any atom is -0.440 e. The summed E-state index contributed by atoms with van der Waals surface area (Å²) < 4.78 is 49.7. The van der Waals surface area contributed by atoms with Gasteiger partial charge < -0.3 is 4.52 Å². The molecule has 0 radical (unpaired) electrons. The molecule has 0 aromatic carbocycles. The van der Waals surface area contributed by atoms with Crippen molar-refractivity contribution < 1.29 is 22.3 Å². The third kappa shape index (κ3) is 4.09. The second-order valence-electron chi connectivity index (χ2n) is 1.66. The maximum absolute atomic E-state index is 11.7. The largest absolute Gasteiger partial charge is 0.440 e. The highest BCUT2D eigenvalue weighted by Gasteiger charge is 2.19. The predicted octanol–water partition coefficient (Wildman–Crippen LogP) is 2.58. The van der Waals surface area contributed by atoms with Crippen LogP contribution in [0.1, 0.15) is 0 Å². The Morgan fingerprint density at radius 1 is 1.58 bits per heavy atom. The lowest BCUT2D eigenvalue weighted by Crippen LogP contribution is -1.90. The fraction of sp³-hybridized carbons (Fsp3) is 0.333. The predicted molar refractivity (Wildman–Crippen MR) is 38.7 cm³/mol. The van der Waals surface area contributed by atoms with Gasteiger partial charge in [-0.05, 0) is 0 Å². The number of hydrogen-bond donors (Lipinski definition) is 0. The lowest BCUT2D eigenvalue weighted by molar-refractivity contribution is 0.430. The van der Waals surface area contributed by atoms with Crippen molar-refractivity contribution in [1.82, 2.24) is 0 Å². The average Bonchev–Trinajstić information content (AvgIpc) is 2.02. The van der Waals surface area contributed by atoms with Crippen LogP contribution in [0, 0.1) is 11.8 Å². The first-order chi connectivity index (χ1) is 5.68. The van der Waals surface area contributed by atoms with Crippen molar-refractivity contribution >= 4 is 7.37 Å². The van der Waals surface area contributed by atoms with Gasteiger partial charge in [0.25, 0.3) is 0 Å². The standard InChI is InChI=1S/C6H6F3O2P/c7-1-4-11-12(10,5-2-8)6-3-9/h1,4H,2,5H2. The van der Waals surface area contributed by atoms with Crippen LogP contribution in [0.4, 0.5) is 13.2 Å². The van der Waals surface area contributed by atoms with E-state index in [4.69, 9.17) is 0 Å². The maximum Gasteiger partial charge on any atom is 0.324 e. The monoisotopic (exact) mass is 198 g/mol. The molecule has 0 fully saturated rings. The smallest absolute Gasteiger partial charge is 0.324 e. The molecule has 0 saturated carbocycles. The van der Waals surface area contributed by atoms with E-state index in [0.29, 0.717) is 6.26 Å². The Morgan fingerprint density at radius 3 is 2.67 bits per heavy atom. The number of alkyl halides is 1. The minimum absolute atomic E-state index is 0.0369. The molecule has 0 bridgehead atoms. The lowest BCUT2D eigenvalue weighted by Gasteiger charge is -2.06. The first-order valence-corrected chi connectivity index (χ1v) is 4.71. The van der Waals surface area contributed by atoms with Crippen LogP contribution in [-0.2, 0) is 9.09 Å². The Morgan fingerprint density at radius 2 is 2.25 bits per heavy atom. The lowest BCUT2D eigenvalue weighted by atomic mass is 10.9. The molecule has 0 amide bonds. The number of halogens is 3. The van der Waals surface area contributed by atoms with Gasteiger partial charge in [-0.25, -0.2) is 4.39 Å². The van der Waals surface area contributed by atoms with E-state index in [2.05, 4.69) is 4.52 Å². The van der Waals surface area contributed by atoms with E-state index in [0.717, 1.165) is 6.17 Å². The quantitative estimate of drug-likeness (QED) is 0.394. The van der Waals surface area contributed by atoms with Crippen molar-refractivity contribution in [3.63, 3.8) is 0 Å². The molecule has 0 N–H and O–H groups in total. The van der Waals surface area contributed by atoms with Gasteiger partial charge in [-0.3, -0.25) is 8.96 Å². The summed E-state index contributed by atoms with van der Waals surface area (Å²) in [5, 5.41) is 0. The van der Waals surface area contributed by atoms with Crippen molar-refractivity contribution in [3.05, 3.63) is 12.6 Å². The van der Waals surface area contributed by atoms with Gasteiger partial charge in [0, 0.05) is 5.66 Å². The molecular formula is C6H6F3O2P. The molecule has 0 aromatic heterocycles. The van der Waals surface area contributed by atoms with Gasteiger partial charge in [-0.1, -0.05) is 0 Å². The fourth-order valence-electron chi connectivity index (χ4n) is 0.432. The second kappa shape index (κ2) is 5.73. The van der Waals surface area contributed by atoms with Crippen LogP contribution in [0.3, 0.4) is 0 Å². The van der Waals surface area contributed by atoms with Crippen LogP contribution in [0.15, 0.2) is 12.6 Å². The van der Waals surface area contributed by atoms with Gasteiger partial charge in [0.05, 0.1) is 6.16 Å². The van der Waals surface area contributed by atoms with E-state index >= 15 is 0 Å². The van der Waals surface area contributed by atoms with Gasteiger partial charge in [0.1, 0.15) is 25.4 Å². The van der Waals surface area contributed by atoms with Crippen molar-refractivity contribution in [3.8, 4) is 11.8 Å². The summed E-state index contributed by atoms with van der Waals surface area (Å²) in [5.41, 5.74) is 1.55. The van der Waals surface area contributed by atoms with Crippen LogP contribution in [-0.4, -0.2) is 12.8 Å². The highest BCUT2D eigenvalue weighted by molar-refractivity contribution is 7.64. The first kappa shape index (κ1) is 11.1. The highest BCUT2D eigenvalue weighted by Crippen LogP contribution is 2.45. The van der Waals surface area contributed by atoms with Crippen molar-refractivity contribution in [2.24, 2.45) is 0 Å². The van der Waals surface area contributed by atoms with Crippen molar-refractivity contribution in [1.29, 1.82) is 0 Å². The molecular weight excluding hydrogens is 192 g/mol. The van der Waals surface area contributed by atoms with Crippen LogP contribution < -0.4 is 0 Å². The Hall–Kier alpha value is -0.880. The third-order valence-electron chi connectivity index (χ3n) is 0.874. The van der Waals surface area contributed by atoms with Crippen LogP contribution in [0.2, 0.25) is 0 Å². The van der Waals surface area contributed by atoms with E-state index in [1.807, 2.05) is 0 Å². The molecule has 1 atom stereocenters. The van der Waals surface area contributed by atoms with Gasteiger partial charge in [0.2, 0.25) is 0 Å². The number of hydrogen-bond acceptors (Lipinski definition) is 2. The molecule has 0 saturated heterocycles. The summed E-state index contributed by atoms with van der Waals surface area (Å²) in [6, 6.07) is 0. The van der Waals surface area contributed by atoms with E-state index in [9.17, 15) is 17.7 Å². The van der Waals surface area contributed by atoms with Gasteiger partial charge in [-0.15, -0.1) is 4.39 Å². The molecule has 1 unspecified atom stereocenters.